The van der Waals surface area contributed by atoms with Crippen molar-refractivity contribution in [1.82, 2.24) is 10.0 Å². The summed E-state index contributed by atoms with van der Waals surface area (Å²) < 4.78 is 65.3. The number of halogens is 4. The normalized spacial score (nSPS) is 19.5. The van der Waals surface area contributed by atoms with E-state index in [1.807, 2.05) is 0 Å². The van der Waals surface area contributed by atoms with Crippen molar-refractivity contribution in [1.29, 1.82) is 0 Å². The van der Waals surface area contributed by atoms with Gasteiger partial charge in [-0.3, -0.25) is 0 Å². The van der Waals surface area contributed by atoms with E-state index in [9.17, 15) is 21.6 Å². The minimum Gasteiger partial charge on any atom is -0.314 e. The molecule has 2 rings (SSSR count). The first-order valence-electron chi connectivity index (χ1n) is 6.80. The second kappa shape index (κ2) is 6.74. The molecule has 0 amide bonds. The summed E-state index contributed by atoms with van der Waals surface area (Å²) in [5.74, 6) is 0. The highest BCUT2D eigenvalue weighted by atomic mass is 35.5. The minimum atomic E-state index is -4.79. The molecule has 22 heavy (non-hydrogen) atoms. The number of alkyl halides is 3. The van der Waals surface area contributed by atoms with Crippen LogP contribution in [0.4, 0.5) is 13.2 Å². The van der Waals surface area contributed by atoms with Gasteiger partial charge in [0.2, 0.25) is 10.0 Å². The molecule has 4 nitrogen and oxygen atoms in total. The molecule has 1 fully saturated rings. The first kappa shape index (κ1) is 17.5. The quantitative estimate of drug-likeness (QED) is 0.853. The first-order valence-corrected chi connectivity index (χ1v) is 8.66. The highest BCUT2D eigenvalue weighted by molar-refractivity contribution is 7.89. The zero-order valence-electron chi connectivity index (χ0n) is 11.6. The summed E-state index contributed by atoms with van der Waals surface area (Å²) in [5, 5.41) is 3.03. The molecule has 124 valence electrons. The molecule has 0 saturated carbocycles. The average Bonchev–Trinajstić information content (AvgIpc) is 2.90. The first-order chi connectivity index (χ1) is 10.2. The Kier molecular flexibility index (Phi) is 5.37. The number of benzene rings is 1. The summed E-state index contributed by atoms with van der Waals surface area (Å²) in [5.41, 5.74) is -1.26. The Morgan fingerprint density at radius 2 is 2.09 bits per heavy atom. The lowest BCUT2D eigenvalue weighted by Crippen LogP contribution is -2.31. The summed E-state index contributed by atoms with van der Waals surface area (Å²) in [7, 11) is -4.24. The van der Waals surface area contributed by atoms with Gasteiger partial charge in [0.15, 0.2) is 0 Å². The molecule has 0 bridgehead atoms. The van der Waals surface area contributed by atoms with Gasteiger partial charge in [-0.05, 0) is 44.0 Å². The van der Waals surface area contributed by atoms with E-state index in [0.717, 1.165) is 31.5 Å². The van der Waals surface area contributed by atoms with Gasteiger partial charge in [0, 0.05) is 17.6 Å². The van der Waals surface area contributed by atoms with Crippen molar-refractivity contribution in [2.24, 2.45) is 0 Å². The maximum Gasteiger partial charge on any atom is 0.417 e. The van der Waals surface area contributed by atoms with Crippen molar-refractivity contribution in [3.8, 4) is 0 Å². The van der Waals surface area contributed by atoms with E-state index in [1.165, 1.54) is 0 Å². The van der Waals surface area contributed by atoms with Gasteiger partial charge in [-0.15, -0.1) is 0 Å². The van der Waals surface area contributed by atoms with Crippen molar-refractivity contribution in [2.75, 3.05) is 13.1 Å². The SMILES string of the molecule is O=S(=O)(NCC[C@H]1CCCN1)c1ccc(Cl)cc1C(F)(F)F. The number of nitrogens with one attached hydrogen (secondary N) is 2. The van der Waals surface area contributed by atoms with Crippen LogP contribution in [0.2, 0.25) is 5.02 Å². The van der Waals surface area contributed by atoms with Gasteiger partial charge in [-0.1, -0.05) is 11.6 Å². The van der Waals surface area contributed by atoms with Crippen LogP contribution in [0.1, 0.15) is 24.8 Å². The third-order valence-electron chi connectivity index (χ3n) is 3.48. The second-order valence-electron chi connectivity index (χ2n) is 5.12. The molecule has 9 heteroatoms. The fraction of sp³-hybridized carbons (Fsp3) is 0.538. The lowest BCUT2D eigenvalue weighted by atomic mass is 10.2. The van der Waals surface area contributed by atoms with E-state index in [1.54, 1.807) is 0 Å². The number of sulfonamides is 1. The maximum absolute atomic E-state index is 13.0. The maximum atomic E-state index is 13.0. The lowest BCUT2D eigenvalue weighted by molar-refractivity contribution is -0.139. The highest BCUT2D eigenvalue weighted by Gasteiger charge is 2.37. The fourth-order valence-electron chi connectivity index (χ4n) is 2.41. The molecule has 0 aromatic heterocycles. The molecular weight excluding hydrogens is 341 g/mol. The summed E-state index contributed by atoms with van der Waals surface area (Å²) in [6.45, 7) is 0.965. The number of hydrogen-bond donors (Lipinski definition) is 2. The molecular formula is C13H16ClF3N2O2S. The molecule has 0 spiro atoms. The second-order valence-corrected chi connectivity index (χ2v) is 7.29. The Balaban J connectivity index is 2.14. The summed E-state index contributed by atoms with van der Waals surface area (Å²) in [6, 6.07) is 2.83. The molecule has 1 aliphatic rings. The van der Waals surface area contributed by atoms with Crippen LogP contribution < -0.4 is 10.0 Å². The molecule has 2 N–H and O–H groups in total. The largest absolute Gasteiger partial charge is 0.417 e. The summed E-state index contributed by atoms with van der Waals surface area (Å²) in [4.78, 5) is -0.802. The van der Waals surface area contributed by atoms with Crippen LogP contribution >= 0.6 is 11.6 Å². The monoisotopic (exact) mass is 356 g/mol. The Bertz CT molecular complexity index is 629. The van der Waals surface area contributed by atoms with E-state index < -0.39 is 26.7 Å². The van der Waals surface area contributed by atoms with E-state index in [4.69, 9.17) is 11.6 Å². The Morgan fingerprint density at radius 3 is 2.68 bits per heavy atom. The predicted octanol–water partition coefficient (Wildman–Crippen LogP) is 2.78. The van der Waals surface area contributed by atoms with Gasteiger partial charge >= 0.3 is 6.18 Å². The van der Waals surface area contributed by atoms with Crippen LogP contribution in [0.15, 0.2) is 23.1 Å². The van der Waals surface area contributed by atoms with E-state index in [0.29, 0.717) is 12.5 Å². The van der Waals surface area contributed by atoms with Crippen LogP contribution in [0.3, 0.4) is 0 Å². The van der Waals surface area contributed by atoms with Crippen molar-refractivity contribution < 1.29 is 21.6 Å². The van der Waals surface area contributed by atoms with Crippen LogP contribution in [0.5, 0.6) is 0 Å². The third kappa shape index (κ3) is 4.34. The molecule has 0 unspecified atom stereocenters. The van der Waals surface area contributed by atoms with Gasteiger partial charge in [0.05, 0.1) is 10.5 Å². The molecule has 1 aliphatic heterocycles. The summed E-state index contributed by atoms with van der Waals surface area (Å²) in [6.07, 6.45) is -2.29. The molecule has 0 radical (unpaired) electrons. The summed E-state index contributed by atoms with van der Waals surface area (Å²) >= 11 is 5.54. The molecule has 1 saturated heterocycles. The van der Waals surface area contributed by atoms with Crippen LogP contribution in [-0.4, -0.2) is 27.5 Å². The van der Waals surface area contributed by atoms with Crippen molar-refractivity contribution in [2.45, 2.75) is 36.4 Å². The van der Waals surface area contributed by atoms with Crippen molar-refractivity contribution in [3.05, 3.63) is 28.8 Å². The number of rotatable bonds is 5. The van der Waals surface area contributed by atoms with E-state index in [2.05, 4.69) is 10.0 Å². The Labute approximate surface area is 132 Å². The molecule has 0 aliphatic carbocycles. The molecule has 1 heterocycles. The van der Waals surface area contributed by atoms with Crippen LogP contribution in [0.25, 0.3) is 0 Å². The zero-order valence-corrected chi connectivity index (χ0v) is 13.2. The van der Waals surface area contributed by atoms with Crippen molar-refractivity contribution >= 4 is 21.6 Å². The standard InChI is InChI=1S/C13H16ClF3N2O2S/c14-9-3-4-12(11(8-9)13(15,16)17)22(20,21)19-7-5-10-2-1-6-18-10/h3-4,8,10,18-19H,1-2,5-7H2/t10-/m1/s1. The fourth-order valence-corrected chi connectivity index (χ4v) is 3.83. The van der Waals surface area contributed by atoms with Gasteiger partial charge < -0.3 is 5.32 Å². The smallest absolute Gasteiger partial charge is 0.314 e. The van der Waals surface area contributed by atoms with Gasteiger partial charge in [-0.2, -0.15) is 13.2 Å². The number of hydrogen-bond acceptors (Lipinski definition) is 3. The predicted molar refractivity (Wildman–Crippen MR) is 77.3 cm³/mol. The zero-order chi connectivity index (χ0) is 16.4. The van der Waals surface area contributed by atoms with Crippen LogP contribution in [0, 0.1) is 0 Å². The van der Waals surface area contributed by atoms with Gasteiger partial charge in [0.25, 0.3) is 0 Å². The van der Waals surface area contributed by atoms with E-state index >= 15 is 0 Å². The molecule has 1 aromatic rings. The van der Waals surface area contributed by atoms with Gasteiger partial charge in [0.1, 0.15) is 0 Å². The molecule has 1 aromatic carbocycles. The lowest BCUT2D eigenvalue weighted by Gasteiger charge is -2.15. The van der Waals surface area contributed by atoms with Gasteiger partial charge in [-0.25, -0.2) is 13.1 Å². The minimum absolute atomic E-state index is 0.0833. The molecule has 1 atom stereocenters. The Hall–Kier alpha value is -0.830. The Morgan fingerprint density at radius 1 is 1.36 bits per heavy atom. The van der Waals surface area contributed by atoms with Crippen molar-refractivity contribution in [3.63, 3.8) is 0 Å². The third-order valence-corrected chi connectivity index (χ3v) is 5.24. The van der Waals surface area contributed by atoms with Crippen LogP contribution in [-0.2, 0) is 16.2 Å². The average molecular weight is 357 g/mol. The highest BCUT2D eigenvalue weighted by Crippen LogP contribution is 2.35. The topological polar surface area (TPSA) is 58.2 Å². The van der Waals surface area contributed by atoms with E-state index in [-0.39, 0.29) is 17.6 Å².